The average Bonchev–Trinajstić information content (AvgIpc) is 3.07. The Hall–Kier alpha value is -3.99. The van der Waals surface area contributed by atoms with Crippen molar-refractivity contribution in [2.24, 2.45) is 0 Å². The summed E-state index contributed by atoms with van der Waals surface area (Å²) in [5.74, 6) is -0.761. The number of rotatable bonds is 3. The topological polar surface area (TPSA) is 96.6 Å². The van der Waals surface area contributed by atoms with Gasteiger partial charge in [0.25, 0.3) is 5.56 Å². The van der Waals surface area contributed by atoms with Crippen molar-refractivity contribution in [2.45, 2.75) is 0 Å². The minimum absolute atomic E-state index is 0.0409. The van der Waals surface area contributed by atoms with E-state index in [-0.39, 0.29) is 28.4 Å². The fourth-order valence-corrected chi connectivity index (χ4v) is 2.51. The summed E-state index contributed by atoms with van der Waals surface area (Å²) in [7, 11) is 0. The Bertz CT molecular complexity index is 1210. The molecular formula is C18H10FN5O2. The van der Waals surface area contributed by atoms with E-state index in [0.717, 1.165) is 11.8 Å². The van der Waals surface area contributed by atoms with Crippen LogP contribution in [-0.2, 0) is 0 Å². The first-order chi connectivity index (χ1) is 12.7. The normalized spacial score (nSPS) is 10.6. The van der Waals surface area contributed by atoms with Gasteiger partial charge in [-0.05, 0) is 24.3 Å². The van der Waals surface area contributed by atoms with E-state index in [2.05, 4.69) is 15.1 Å². The number of H-pyrrole nitrogens is 1. The van der Waals surface area contributed by atoms with Crippen LogP contribution < -0.4 is 10.3 Å². The summed E-state index contributed by atoms with van der Waals surface area (Å²) in [5, 5.41) is 13.6. The smallest absolute Gasteiger partial charge is 0.304 e. The van der Waals surface area contributed by atoms with Gasteiger partial charge < -0.3 is 4.74 Å². The molecule has 1 N–H and O–H groups in total. The van der Waals surface area contributed by atoms with Crippen molar-refractivity contribution >= 4 is 11.0 Å². The second-order valence-electron chi connectivity index (χ2n) is 5.33. The lowest BCUT2D eigenvalue weighted by Crippen LogP contribution is -2.10. The van der Waals surface area contributed by atoms with Crippen molar-refractivity contribution in [1.29, 1.82) is 5.26 Å². The van der Waals surface area contributed by atoms with Crippen molar-refractivity contribution in [2.75, 3.05) is 0 Å². The summed E-state index contributed by atoms with van der Waals surface area (Å²) < 4.78 is 20.7. The van der Waals surface area contributed by atoms with Gasteiger partial charge in [0.15, 0.2) is 11.4 Å². The van der Waals surface area contributed by atoms with Crippen LogP contribution in [-0.4, -0.2) is 19.7 Å². The summed E-state index contributed by atoms with van der Waals surface area (Å²) in [4.78, 5) is 19.0. The maximum absolute atomic E-state index is 13.7. The first kappa shape index (κ1) is 15.5. The van der Waals surface area contributed by atoms with E-state index in [1.54, 1.807) is 6.07 Å². The highest BCUT2D eigenvalue weighted by molar-refractivity contribution is 5.75. The molecule has 2 heterocycles. The van der Waals surface area contributed by atoms with E-state index < -0.39 is 11.4 Å². The molecule has 2 aromatic carbocycles. The zero-order valence-corrected chi connectivity index (χ0v) is 13.2. The number of halogens is 1. The molecule has 4 rings (SSSR count). The zero-order valence-electron chi connectivity index (χ0n) is 13.2. The summed E-state index contributed by atoms with van der Waals surface area (Å²) >= 11 is 0. The number of nitrogens with zero attached hydrogens (tertiary/aromatic N) is 4. The molecule has 0 saturated heterocycles. The lowest BCUT2D eigenvalue weighted by molar-refractivity contribution is 0.436. The highest BCUT2D eigenvalue weighted by atomic mass is 19.1. The van der Waals surface area contributed by atoms with Gasteiger partial charge in [-0.2, -0.15) is 15.3 Å². The fraction of sp³-hybridized carbons (Fsp3) is 0. The quantitative estimate of drug-likeness (QED) is 0.615. The molecule has 0 spiro atoms. The van der Waals surface area contributed by atoms with E-state index >= 15 is 0 Å². The van der Waals surface area contributed by atoms with Crippen LogP contribution in [0.5, 0.6) is 11.8 Å². The van der Waals surface area contributed by atoms with E-state index in [9.17, 15) is 9.18 Å². The number of ether oxygens (including phenoxy) is 1. The number of benzene rings is 2. The van der Waals surface area contributed by atoms with Crippen molar-refractivity contribution < 1.29 is 9.13 Å². The SMILES string of the molecule is N#Cc1c(F)cccc1Oc1nc2c(cnn2-c2ccccc2)c(=O)[nH]1. The van der Waals surface area contributed by atoms with Gasteiger partial charge in [0.1, 0.15) is 22.8 Å². The Morgan fingerprint density at radius 3 is 2.73 bits per heavy atom. The van der Waals surface area contributed by atoms with Crippen LogP contribution in [0.4, 0.5) is 4.39 Å². The fourth-order valence-electron chi connectivity index (χ4n) is 2.51. The molecule has 0 atom stereocenters. The Morgan fingerprint density at radius 2 is 1.96 bits per heavy atom. The average molecular weight is 347 g/mol. The van der Waals surface area contributed by atoms with Gasteiger partial charge in [0.2, 0.25) is 0 Å². The van der Waals surface area contributed by atoms with Crippen molar-refractivity contribution in [3.05, 3.63) is 76.5 Å². The van der Waals surface area contributed by atoms with Crippen LogP contribution in [0.2, 0.25) is 0 Å². The third kappa shape index (κ3) is 2.57. The second kappa shape index (κ2) is 6.14. The predicted octanol–water partition coefficient (Wildman–Crippen LogP) is 2.91. The molecule has 8 heteroatoms. The van der Waals surface area contributed by atoms with E-state index in [1.165, 1.54) is 23.0 Å². The minimum Gasteiger partial charge on any atom is -0.424 e. The van der Waals surface area contributed by atoms with Crippen LogP contribution in [0.1, 0.15) is 5.56 Å². The number of aromatic nitrogens is 4. The molecule has 7 nitrogen and oxygen atoms in total. The highest BCUT2D eigenvalue weighted by Gasteiger charge is 2.15. The van der Waals surface area contributed by atoms with Gasteiger partial charge >= 0.3 is 6.01 Å². The lowest BCUT2D eigenvalue weighted by atomic mass is 10.2. The van der Waals surface area contributed by atoms with Gasteiger partial charge in [-0.25, -0.2) is 9.07 Å². The number of hydrogen-bond acceptors (Lipinski definition) is 5. The summed E-state index contributed by atoms with van der Waals surface area (Å²) in [6.07, 6.45) is 1.40. The van der Waals surface area contributed by atoms with Crippen LogP contribution in [0.3, 0.4) is 0 Å². The Labute approximate surface area is 145 Å². The first-order valence-corrected chi connectivity index (χ1v) is 7.57. The van der Waals surface area contributed by atoms with Gasteiger partial charge in [-0.15, -0.1) is 0 Å². The molecule has 0 unspecified atom stereocenters. The molecule has 0 bridgehead atoms. The molecule has 0 saturated carbocycles. The molecule has 0 radical (unpaired) electrons. The van der Waals surface area contributed by atoms with Crippen LogP contribution >= 0.6 is 0 Å². The molecule has 26 heavy (non-hydrogen) atoms. The molecule has 0 amide bonds. The molecule has 4 aromatic rings. The van der Waals surface area contributed by atoms with Crippen molar-refractivity contribution in [3.63, 3.8) is 0 Å². The van der Waals surface area contributed by atoms with E-state index in [1.807, 2.05) is 30.3 Å². The third-order valence-corrected chi connectivity index (χ3v) is 3.71. The number of fused-ring (bicyclic) bond motifs is 1. The summed E-state index contributed by atoms with van der Waals surface area (Å²) in [6, 6.07) is 14.7. The van der Waals surface area contributed by atoms with Gasteiger partial charge in [0, 0.05) is 0 Å². The Balaban J connectivity index is 1.84. The molecular weight excluding hydrogens is 337 g/mol. The number of para-hydroxylation sites is 1. The van der Waals surface area contributed by atoms with E-state index in [0.29, 0.717) is 0 Å². The summed E-state index contributed by atoms with van der Waals surface area (Å²) in [5.41, 5.74) is 0.272. The van der Waals surface area contributed by atoms with E-state index in [4.69, 9.17) is 10.00 Å². The number of nitrogens with one attached hydrogen (secondary N) is 1. The largest absolute Gasteiger partial charge is 0.424 e. The van der Waals surface area contributed by atoms with Crippen LogP contribution in [0.25, 0.3) is 16.7 Å². The number of hydrogen-bond donors (Lipinski definition) is 1. The Morgan fingerprint density at radius 1 is 1.15 bits per heavy atom. The van der Waals surface area contributed by atoms with Crippen molar-refractivity contribution in [3.8, 4) is 23.5 Å². The van der Waals surface area contributed by atoms with Gasteiger partial charge in [-0.3, -0.25) is 9.78 Å². The molecule has 2 aromatic heterocycles. The third-order valence-electron chi connectivity index (χ3n) is 3.71. The second-order valence-corrected chi connectivity index (χ2v) is 5.33. The molecule has 126 valence electrons. The number of nitriles is 1. The Kier molecular flexibility index (Phi) is 3.67. The number of aromatic amines is 1. The monoisotopic (exact) mass is 347 g/mol. The molecule has 0 fully saturated rings. The highest BCUT2D eigenvalue weighted by Crippen LogP contribution is 2.25. The predicted molar refractivity (Wildman–Crippen MR) is 90.7 cm³/mol. The maximum Gasteiger partial charge on any atom is 0.304 e. The van der Waals surface area contributed by atoms with Crippen LogP contribution in [0, 0.1) is 17.1 Å². The minimum atomic E-state index is -0.720. The molecule has 0 aliphatic carbocycles. The van der Waals surface area contributed by atoms with Crippen LogP contribution in [0.15, 0.2) is 59.5 Å². The summed E-state index contributed by atoms with van der Waals surface area (Å²) in [6.45, 7) is 0. The van der Waals surface area contributed by atoms with Gasteiger partial charge in [0.05, 0.1) is 11.9 Å². The molecule has 0 aliphatic heterocycles. The van der Waals surface area contributed by atoms with Gasteiger partial charge in [-0.1, -0.05) is 24.3 Å². The standard InChI is InChI=1S/C18H10FN5O2/c19-14-7-4-8-15(12(14)9-20)26-18-22-16-13(17(25)23-18)10-21-24(16)11-5-2-1-3-6-11/h1-8,10H,(H,22,23,25). The molecule has 0 aliphatic rings. The zero-order chi connectivity index (χ0) is 18.1. The first-order valence-electron chi connectivity index (χ1n) is 7.57. The maximum atomic E-state index is 13.7. The lowest BCUT2D eigenvalue weighted by Gasteiger charge is -2.07. The van der Waals surface area contributed by atoms with Crippen molar-refractivity contribution in [1.82, 2.24) is 19.7 Å².